The zero-order chi connectivity index (χ0) is 12.4. The average molecular weight is 230 g/mol. The molecule has 0 aliphatic carbocycles. The smallest absolute Gasteiger partial charge is 0.124 e. The Morgan fingerprint density at radius 1 is 1.29 bits per heavy atom. The van der Waals surface area contributed by atoms with Gasteiger partial charge < -0.3 is 14.7 Å². The SMILES string of the molecule is CC(C=O)C(c1c[nH]c2ccccc12)N(C)C. The Hall–Kier alpha value is -1.61. The van der Waals surface area contributed by atoms with Crippen LogP contribution in [0, 0.1) is 5.92 Å². The molecule has 0 spiro atoms. The van der Waals surface area contributed by atoms with Gasteiger partial charge in [-0.1, -0.05) is 25.1 Å². The molecule has 2 unspecified atom stereocenters. The maximum absolute atomic E-state index is 11.0. The van der Waals surface area contributed by atoms with Crippen LogP contribution in [0.3, 0.4) is 0 Å². The summed E-state index contributed by atoms with van der Waals surface area (Å²) in [6.07, 6.45) is 3.03. The van der Waals surface area contributed by atoms with E-state index in [4.69, 9.17) is 0 Å². The molecule has 1 aromatic carbocycles. The Labute approximate surface area is 101 Å². The molecule has 3 heteroatoms. The first-order valence-corrected chi connectivity index (χ1v) is 5.83. The molecule has 1 N–H and O–H groups in total. The summed E-state index contributed by atoms with van der Waals surface area (Å²) in [6, 6.07) is 8.30. The predicted octanol–water partition coefficient (Wildman–Crippen LogP) is 2.61. The Morgan fingerprint density at radius 3 is 2.65 bits per heavy atom. The molecule has 2 rings (SSSR count). The van der Waals surface area contributed by atoms with E-state index < -0.39 is 0 Å². The molecule has 1 aromatic heterocycles. The minimum atomic E-state index is -0.0239. The van der Waals surface area contributed by atoms with Gasteiger partial charge in [0.05, 0.1) is 0 Å². The molecule has 2 atom stereocenters. The van der Waals surface area contributed by atoms with Crippen molar-refractivity contribution in [2.45, 2.75) is 13.0 Å². The lowest BCUT2D eigenvalue weighted by Gasteiger charge is -2.26. The van der Waals surface area contributed by atoms with Gasteiger partial charge in [-0.15, -0.1) is 0 Å². The maximum atomic E-state index is 11.0. The summed E-state index contributed by atoms with van der Waals surface area (Å²) in [4.78, 5) is 16.4. The quantitative estimate of drug-likeness (QED) is 0.820. The number of para-hydroxylation sites is 1. The van der Waals surface area contributed by atoms with Crippen molar-refractivity contribution in [3.8, 4) is 0 Å². The van der Waals surface area contributed by atoms with Crippen molar-refractivity contribution in [1.29, 1.82) is 0 Å². The number of nitrogens with zero attached hydrogens (tertiary/aromatic N) is 1. The van der Waals surface area contributed by atoms with Gasteiger partial charge in [-0.2, -0.15) is 0 Å². The van der Waals surface area contributed by atoms with Crippen LogP contribution in [0.25, 0.3) is 10.9 Å². The van der Waals surface area contributed by atoms with Crippen molar-refractivity contribution in [2.24, 2.45) is 5.92 Å². The van der Waals surface area contributed by atoms with Gasteiger partial charge in [0.1, 0.15) is 6.29 Å². The van der Waals surface area contributed by atoms with Crippen LogP contribution in [0.15, 0.2) is 30.5 Å². The van der Waals surface area contributed by atoms with Crippen LogP contribution in [0.1, 0.15) is 18.5 Å². The number of carbonyl (C=O) groups excluding carboxylic acids is 1. The number of aromatic amines is 1. The van der Waals surface area contributed by atoms with E-state index in [2.05, 4.69) is 22.0 Å². The summed E-state index contributed by atoms with van der Waals surface area (Å²) < 4.78 is 0. The van der Waals surface area contributed by atoms with Gasteiger partial charge in [-0.3, -0.25) is 0 Å². The maximum Gasteiger partial charge on any atom is 0.124 e. The molecule has 0 amide bonds. The number of hydrogen-bond donors (Lipinski definition) is 1. The molecule has 0 bridgehead atoms. The Bertz CT molecular complexity index is 516. The summed E-state index contributed by atoms with van der Waals surface area (Å²) in [5, 5.41) is 1.19. The van der Waals surface area contributed by atoms with Crippen molar-refractivity contribution in [3.63, 3.8) is 0 Å². The number of carbonyl (C=O) groups is 1. The highest BCUT2D eigenvalue weighted by atomic mass is 16.1. The fraction of sp³-hybridized carbons (Fsp3) is 0.357. The molecule has 0 saturated heterocycles. The number of fused-ring (bicyclic) bond motifs is 1. The van der Waals surface area contributed by atoms with Crippen LogP contribution >= 0.6 is 0 Å². The fourth-order valence-corrected chi connectivity index (χ4v) is 2.44. The third kappa shape index (κ3) is 2.11. The minimum Gasteiger partial charge on any atom is -0.361 e. The van der Waals surface area contributed by atoms with E-state index >= 15 is 0 Å². The summed E-state index contributed by atoms with van der Waals surface area (Å²) in [5.41, 5.74) is 2.30. The van der Waals surface area contributed by atoms with Gasteiger partial charge in [0, 0.05) is 29.1 Å². The van der Waals surface area contributed by atoms with Gasteiger partial charge in [0.25, 0.3) is 0 Å². The molecule has 0 aliphatic heterocycles. The van der Waals surface area contributed by atoms with Gasteiger partial charge in [-0.05, 0) is 25.7 Å². The first-order chi connectivity index (χ1) is 8.15. The number of benzene rings is 1. The highest BCUT2D eigenvalue weighted by Crippen LogP contribution is 2.31. The average Bonchev–Trinajstić information content (AvgIpc) is 2.73. The van der Waals surface area contributed by atoms with Gasteiger partial charge in [0.2, 0.25) is 0 Å². The highest BCUT2D eigenvalue weighted by Gasteiger charge is 2.23. The number of aldehydes is 1. The summed E-state index contributed by atoms with van der Waals surface area (Å²) in [7, 11) is 4.01. The number of rotatable bonds is 4. The monoisotopic (exact) mass is 230 g/mol. The Morgan fingerprint density at radius 2 is 2.00 bits per heavy atom. The predicted molar refractivity (Wildman–Crippen MR) is 70.0 cm³/mol. The lowest BCUT2D eigenvalue weighted by atomic mass is 9.94. The van der Waals surface area contributed by atoms with Crippen molar-refractivity contribution >= 4 is 17.2 Å². The largest absolute Gasteiger partial charge is 0.361 e. The van der Waals surface area contributed by atoms with E-state index in [0.717, 1.165) is 11.8 Å². The van der Waals surface area contributed by atoms with E-state index in [1.807, 2.05) is 39.3 Å². The molecule has 0 fully saturated rings. The first kappa shape index (κ1) is 11.9. The second kappa shape index (κ2) is 4.72. The van der Waals surface area contributed by atoms with Crippen LogP contribution in [0.2, 0.25) is 0 Å². The second-order valence-electron chi connectivity index (χ2n) is 4.69. The zero-order valence-corrected chi connectivity index (χ0v) is 10.5. The van der Waals surface area contributed by atoms with Crippen molar-refractivity contribution in [3.05, 3.63) is 36.0 Å². The lowest BCUT2D eigenvalue weighted by molar-refractivity contribution is -0.112. The normalized spacial score (nSPS) is 15.1. The van der Waals surface area contributed by atoms with Crippen LogP contribution < -0.4 is 0 Å². The summed E-state index contributed by atoms with van der Waals surface area (Å²) in [5.74, 6) is -0.0239. The van der Waals surface area contributed by atoms with Crippen LogP contribution in [0.5, 0.6) is 0 Å². The highest BCUT2D eigenvalue weighted by molar-refractivity contribution is 5.84. The molecule has 1 heterocycles. The van der Waals surface area contributed by atoms with Gasteiger partial charge in [0.15, 0.2) is 0 Å². The number of nitrogens with one attached hydrogen (secondary N) is 1. The molecule has 2 aromatic rings. The van der Waals surface area contributed by atoms with E-state index in [1.165, 1.54) is 10.9 Å². The molecule has 0 saturated carbocycles. The van der Waals surface area contributed by atoms with Crippen molar-refractivity contribution in [2.75, 3.05) is 14.1 Å². The van der Waals surface area contributed by atoms with Gasteiger partial charge in [-0.25, -0.2) is 0 Å². The minimum absolute atomic E-state index is 0.0239. The fourth-order valence-electron chi connectivity index (χ4n) is 2.44. The molecule has 0 aliphatic rings. The molecule has 0 radical (unpaired) electrons. The molecular formula is C14H18N2O. The van der Waals surface area contributed by atoms with E-state index in [0.29, 0.717) is 0 Å². The third-order valence-electron chi connectivity index (χ3n) is 3.21. The van der Waals surface area contributed by atoms with Crippen molar-refractivity contribution in [1.82, 2.24) is 9.88 Å². The molecule has 90 valence electrons. The second-order valence-corrected chi connectivity index (χ2v) is 4.69. The summed E-state index contributed by atoms with van der Waals surface area (Å²) in [6.45, 7) is 1.96. The summed E-state index contributed by atoms with van der Waals surface area (Å²) >= 11 is 0. The van der Waals surface area contributed by atoms with E-state index in [9.17, 15) is 4.79 Å². The van der Waals surface area contributed by atoms with Gasteiger partial charge >= 0.3 is 0 Å². The third-order valence-corrected chi connectivity index (χ3v) is 3.21. The number of hydrogen-bond acceptors (Lipinski definition) is 2. The molecular weight excluding hydrogens is 212 g/mol. The van der Waals surface area contributed by atoms with Crippen molar-refractivity contribution < 1.29 is 4.79 Å². The van der Waals surface area contributed by atoms with Crippen LogP contribution in [0.4, 0.5) is 0 Å². The topological polar surface area (TPSA) is 36.1 Å². The number of H-pyrrole nitrogens is 1. The molecule has 17 heavy (non-hydrogen) atoms. The van der Waals surface area contributed by atoms with E-state index in [-0.39, 0.29) is 12.0 Å². The zero-order valence-electron chi connectivity index (χ0n) is 10.5. The van der Waals surface area contributed by atoms with E-state index in [1.54, 1.807) is 0 Å². The van der Waals surface area contributed by atoms with Crippen LogP contribution in [-0.4, -0.2) is 30.3 Å². The molecule has 3 nitrogen and oxygen atoms in total. The Kier molecular flexibility index (Phi) is 3.29. The first-order valence-electron chi connectivity index (χ1n) is 5.83. The standard InChI is InChI=1S/C14H18N2O/c1-10(9-17)14(16(2)3)12-8-15-13-7-5-4-6-11(12)13/h4-10,14-15H,1-3H3. The lowest BCUT2D eigenvalue weighted by Crippen LogP contribution is -2.26. The van der Waals surface area contributed by atoms with Crippen LogP contribution in [-0.2, 0) is 4.79 Å². The Balaban J connectivity index is 2.52. The number of aromatic nitrogens is 1.